The van der Waals surface area contributed by atoms with Crippen LogP contribution in [0.5, 0.6) is 0 Å². The lowest BCUT2D eigenvalue weighted by Crippen LogP contribution is -2.27. The molecule has 2 unspecified atom stereocenters. The average molecular weight is 255 g/mol. The van der Waals surface area contributed by atoms with E-state index in [4.69, 9.17) is 10.2 Å². The number of aldehydes is 1. The number of nitro groups is 1. The lowest BCUT2D eigenvalue weighted by Gasteiger charge is -2.14. The van der Waals surface area contributed by atoms with Crippen LogP contribution in [0.15, 0.2) is 18.2 Å². The lowest BCUT2D eigenvalue weighted by molar-refractivity contribution is -0.385. The summed E-state index contributed by atoms with van der Waals surface area (Å²) in [6, 6.07) is 3.05. The van der Waals surface area contributed by atoms with Gasteiger partial charge in [-0.15, -0.1) is 0 Å². The zero-order chi connectivity index (χ0) is 13.9. The third kappa shape index (κ3) is 2.67. The highest BCUT2D eigenvalue weighted by Crippen LogP contribution is 2.24. The minimum absolute atomic E-state index is 0.165. The number of aliphatic hydroxyl groups is 2. The van der Waals surface area contributed by atoms with Gasteiger partial charge in [-0.1, -0.05) is 6.07 Å². The molecule has 2 atom stereocenters. The maximum atomic E-state index is 10.6. The first-order valence-electron chi connectivity index (χ1n) is 4.71. The van der Waals surface area contributed by atoms with E-state index < -0.39 is 28.8 Å². The zero-order valence-electron chi connectivity index (χ0n) is 8.89. The molecule has 8 nitrogen and oxygen atoms in total. The molecule has 0 saturated carbocycles. The van der Waals surface area contributed by atoms with Crippen molar-refractivity contribution in [2.75, 3.05) is 0 Å². The minimum atomic E-state index is -2.10. The highest BCUT2D eigenvalue weighted by molar-refractivity contribution is 5.81. The molecular formula is C10H9NO7. The number of hydrogen-bond donors (Lipinski definition) is 3. The Morgan fingerprint density at radius 3 is 2.44 bits per heavy atom. The van der Waals surface area contributed by atoms with Crippen LogP contribution in [-0.2, 0) is 4.79 Å². The number of nitrogens with zero attached hydrogens (tertiary/aromatic N) is 1. The fourth-order valence-corrected chi connectivity index (χ4v) is 1.32. The van der Waals surface area contributed by atoms with Crippen LogP contribution >= 0.6 is 0 Å². The fraction of sp³-hybridized carbons (Fsp3) is 0.200. The van der Waals surface area contributed by atoms with E-state index in [0.717, 1.165) is 18.2 Å². The monoisotopic (exact) mass is 255 g/mol. The minimum Gasteiger partial charge on any atom is -0.479 e. The van der Waals surface area contributed by atoms with Crippen LogP contribution in [0.2, 0.25) is 0 Å². The summed E-state index contributed by atoms with van der Waals surface area (Å²) in [5.41, 5.74) is -0.942. The molecule has 1 aromatic carbocycles. The van der Waals surface area contributed by atoms with Gasteiger partial charge < -0.3 is 15.3 Å². The third-order valence-corrected chi connectivity index (χ3v) is 2.27. The van der Waals surface area contributed by atoms with E-state index in [1.54, 1.807) is 0 Å². The molecule has 0 radical (unpaired) electrons. The summed E-state index contributed by atoms with van der Waals surface area (Å²) in [4.78, 5) is 30.8. The topological polar surface area (TPSA) is 138 Å². The van der Waals surface area contributed by atoms with E-state index in [-0.39, 0.29) is 17.4 Å². The summed E-state index contributed by atoms with van der Waals surface area (Å²) in [6.07, 6.45) is -3.66. The van der Waals surface area contributed by atoms with Crippen molar-refractivity contribution in [1.82, 2.24) is 0 Å². The highest BCUT2D eigenvalue weighted by atomic mass is 16.6. The number of aliphatic carboxylic acids is 1. The van der Waals surface area contributed by atoms with Crippen molar-refractivity contribution in [2.45, 2.75) is 12.2 Å². The molecule has 96 valence electrons. The van der Waals surface area contributed by atoms with Gasteiger partial charge in [0.25, 0.3) is 5.69 Å². The van der Waals surface area contributed by atoms with Crippen LogP contribution in [0.25, 0.3) is 0 Å². The summed E-state index contributed by atoms with van der Waals surface area (Å²) in [5, 5.41) is 37.7. The first kappa shape index (κ1) is 13.7. The molecule has 0 aliphatic heterocycles. The number of carboxylic acid groups (broad SMARTS) is 1. The molecule has 0 aliphatic rings. The van der Waals surface area contributed by atoms with Crippen molar-refractivity contribution in [3.05, 3.63) is 39.4 Å². The van der Waals surface area contributed by atoms with Crippen LogP contribution in [0.3, 0.4) is 0 Å². The number of carboxylic acids is 1. The van der Waals surface area contributed by atoms with E-state index in [9.17, 15) is 24.8 Å². The van der Waals surface area contributed by atoms with Crippen molar-refractivity contribution >= 4 is 17.9 Å². The van der Waals surface area contributed by atoms with Crippen LogP contribution in [0.1, 0.15) is 22.0 Å². The van der Waals surface area contributed by atoms with Gasteiger partial charge in [-0.25, -0.2) is 4.79 Å². The Labute approximate surface area is 100 Å². The second kappa shape index (κ2) is 5.34. The second-order valence-corrected chi connectivity index (χ2v) is 3.42. The molecule has 0 fully saturated rings. The predicted octanol–water partition coefficient (Wildman–Crippen LogP) is -0.114. The number of rotatable bonds is 5. The molecule has 0 amide bonds. The Morgan fingerprint density at radius 2 is 2.00 bits per heavy atom. The standard InChI is InChI=1S/C10H9NO7/c12-4-6-2-1-5(3-7(6)11(17)18)8(13)9(14)10(15)16/h1-4,8-9,13-14H,(H,15,16). The second-order valence-electron chi connectivity index (χ2n) is 3.42. The Hall–Kier alpha value is -2.32. The highest BCUT2D eigenvalue weighted by Gasteiger charge is 2.27. The first-order valence-corrected chi connectivity index (χ1v) is 4.71. The van der Waals surface area contributed by atoms with Gasteiger partial charge in [0, 0.05) is 6.07 Å². The summed E-state index contributed by atoms with van der Waals surface area (Å²) < 4.78 is 0. The molecule has 0 heterocycles. The van der Waals surface area contributed by atoms with Crippen molar-refractivity contribution in [2.24, 2.45) is 0 Å². The smallest absolute Gasteiger partial charge is 0.335 e. The molecule has 8 heteroatoms. The Morgan fingerprint density at radius 1 is 1.39 bits per heavy atom. The van der Waals surface area contributed by atoms with Gasteiger partial charge in [-0.05, 0) is 11.6 Å². The van der Waals surface area contributed by atoms with Crippen molar-refractivity contribution in [1.29, 1.82) is 0 Å². The number of carbonyl (C=O) groups excluding carboxylic acids is 1. The van der Waals surface area contributed by atoms with Gasteiger partial charge >= 0.3 is 5.97 Å². The zero-order valence-corrected chi connectivity index (χ0v) is 8.89. The van der Waals surface area contributed by atoms with Gasteiger partial charge in [0.2, 0.25) is 0 Å². The Bertz CT molecular complexity index is 499. The molecule has 0 saturated heterocycles. The van der Waals surface area contributed by atoms with E-state index in [1.807, 2.05) is 0 Å². The first-order chi connectivity index (χ1) is 8.38. The van der Waals surface area contributed by atoms with E-state index in [1.165, 1.54) is 0 Å². The molecule has 0 spiro atoms. The molecule has 1 rings (SSSR count). The van der Waals surface area contributed by atoms with Gasteiger partial charge in [0.15, 0.2) is 12.4 Å². The summed E-state index contributed by atoms with van der Waals surface area (Å²) >= 11 is 0. The largest absolute Gasteiger partial charge is 0.479 e. The lowest BCUT2D eigenvalue weighted by atomic mass is 10.0. The molecule has 0 bridgehead atoms. The van der Waals surface area contributed by atoms with E-state index in [2.05, 4.69) is 0 Å². The molecule has 3 N–H and O–H groups in total. The maximum absolute atomic E-state index is 10.6. The quantitative estimate of drug-likeness (QED) is 0.379. The molecule has 0 aromatic heterocycles. The average Bonchev–Trinajstić information content (AvgIpc) is 2.35. The molecular weight excluding hydrogens is 246 g/mol. The van der Waals surface area contributed by atoms with Gasteiger partial charge in [-0.2, -0.15) is 0 Å². The van der Waals surface area contributed by atoms with Crippen molar-refractivity contribution in [3.8, 4) is 0 Å². The SMILES string of the molecule is O=Cc1ccc(C(O)C(O)C(=O)O)cc1[N+](=O)[O-]. The Balaban J connectivity index is 3.19. The number of aliphatic hydroxyl groups excluding tert-OH is 2. The number of nitro benzene ring substituents is 1. The van der Waals surface area contributed by atoms with Gasteiger partial charge in [-0.3, -0.25) is 14.9 Å². The number of benzene rings is 1. The normalized spacial score (nSPS) is 13.7. The maximum Gasteiger partial charge on any atom is 0.335 e. The summed E-state index contributed by atoms with van der Waals surface area (Å²) in [5.74, 6) is -1.66. The number of hydrogen-bond acceptors (Lipinski definition) is 6. The van der Waals surface area contributed by atoms with Crippen LogP contribution in [0, 0.1) is 10.1 Å². The van der Waals surface area contributed by atoms with Crippen LogP contribution in [-0.4, -0.2) is 38.6 Å². The van der Waals surface area contributed by atoms with Crippen LogP contribution < -0.4 is 0 Å². The number of carbonyl (C=O) groups is 2. The summed E-state index contributed by atoms with van der Waals surface area (Å²) in [7, 11) is 0. The van der Waals surface area contributed by atoms with Gasteiger partial charge in [0.05, 0.1) is 10.5 Å². The molecule has 0 aliphatic carbocycles. The van der Waals surface area contributed by atoms with Gasteiger partial charge in [0.1, 0.15) is 6.10 Å². The predicted molar refractivity (Wildman–Crippen MR) is 57.1 cm³/mol. The molecule has 1 aromatic rings. The third-order valence-electron chi connectivity index (χ3n) is 2.27. The Kier molecular flexibility index (Phi) is 4.08. The molecule has 18 heavy (non-hydrogen) atoms. The summed E-state index contributed by atoms with van der Waals surface area (Å²) in [6.45, 7) is 0. The van der Waals surface area contributed by atoms with E-state index >= 15 is 0 Å². The van der Waals surface area contributed by atoms with Crippen LogP contribution in [0.4, 0.5) is 5.69 Å². The van der Waals surface area contributed by atoms with E-state index in [0.29, 0.717) is 0 Å². The van der Waals surface area contributed by atoms with Crippen molar-refractivity contribution in [3.63, 3.8) is 0 Å². The fourth-order valence-electron chi connectivity index (χ4n) is 1.32. The van der Waals surface area contributed by atoms with Crippen molar-refractivity contribution < 1.29 is 29.8 Å².